The van der Waals surface area contributed by atoms with Gasteiger partial charge in [0.05, 0.1) is 19.3 Å². The topological polar surface area (TPSA) is 82.7 Å². The molecule has 0 saturated carbocycles. The van der Waals surface area contributed by atoms with Crippen LogP contribution in [0.3, 0.4) is 0 Å². The Morgan fingerprint density at radius 1 is 1.42 bits per heavy atom. The van der Waals surface area contributed by atoms with E-state index in [0.29, 0.717) is 16.2 Å². The number of aliphatic hydroxyl groups excluding tert-OH is 2. The Morgan fingerprint density at radius 3 is 2.74 bits per heavy atom. The van der Waals surface area contributed by atoms with E-state index in [1.165, 1.54) is 0 Å². The average Bonchev–Trinajstić information content (AvgIpc) is 2.73. The molecule has 0 radical (unpaired) electrons. The summed E-state index contributed by atoms with van der Waals surface area (Å²) in [6.07, 6.45) is 0. The molecule has 0 aliphatic heterocycles. The molecule has 0 saturated heterocycles. The third-order valence-corrected chi connectivity index (χ3v) is 3.12. The summed E-state index contributed by atoms with van der Waals surface area (Å²) in [5.74, 6) is -0.318. The second kappa shape index (κ2) is 5.61. The maximum absolute atomic E-state index is 12.0. The van der Waals surface area contributed by atoms with Crippen LogP contribution in [0.1, 0.15) is 16.1 Å². The van der Waals surface area contributed by atoms with Gasteiger partial charge in [-0.1, -0.05) is 11.6 Å². The van der Waals surface area contributed by atoms with Crippen LogP contribution in [0.25, 0.3) is 11.0 Å². The number of benzene rings is 1. The number of hydrogen-bond acceptors (Lipinski definition) is 4. The van der Waals surface area contributed by atoms with Gasteiger partial charge in [-0.05, 0) is 25.1 Å². The Labute approximate surface area is 114 Å². The number of aryl methyl sites for hydroxylation is 1. The van der Waals surface area contributed by atoms with Crippen molar-refractivity contribution in [2.75, 3.05) is 13.2 Å². The zero-order valence-corrected chi connectivity index (χ0v) is 11.1. The van der Waals surface area contributed by atoms with E-state index in [-0.39, 0.29) is 19.0 Å². The largest absolute Gasteiger partial charge is 0.451 e. The first-order chi connectivity index (χ1) is 9.06. The van der Waals surface area contributed by atoms with Gasteiger partial charge in [-0.25, -0.2) is 0 Å². The van der Waals surface area contributed by atoms with Crippen LogP contribution in [-0.2, 0) is 0 Å². The Hall–Kier alpha value is -1.56. The van der Waals surface area contributed by atoms with Gasteiger partial charge in [0.1, 0.15) is 5.58 Å². The van der Waals surface area contributed by atoms with Crippen molar-refractivity contribution >= 4 is 28.5 Å². The highest BCUT2D eigenvalue weighted by Gasteiger charge is 2.20. The molecular weight excluding hydrogens is 270 g/mol. The van der Waals surface area contributed by atoms with E-state index in [1.807, 2.05) is 0 Å². The van der Waals surface area contributed by atoms with E-state index >= 15 is 0 Å². The standard InChI is InChI=1S/C13H14ClNO4/c1-7-10-4-8(14)2-3-11(10)19-12(7)13(18)15-9(5-16)6-17/h2-4,9,16-17H,5-6H2,1H3,(H,15,18). The predicted molar refractivity (Wildman–Crippen MR) is 71.4 cm³/mol. The van der Waals surface area contributed by atoms with Gasteiger partial charge in [-0.2, -0.15) is 0 Å². The van der Waals surface area contributed by atoms with Crippen molar-refractivity contribution in [3.8, 4) is 0 Å². The van der Waals surface area contributed by atoms with E-state index < -0.39 is 11.9 Å². The van der Waals surface area contributed by atoms with Crippen molar-refractivity contribution in [2.24, 2.45) is 0 Å². The minimum atomic E-state index is -0.705. The van der Waals surface area contributed by atoms with Crippen LogP contribution < -0.4 is 5.32 Å². The first-order valence-electron chi connectivity index (χ1n) is 5.78. The highest BCUT2D eigenvalue weighted by molar-refractivity contribution is 6.31. The molecule has 1 heterocycles. The van der Waals surface area contributed by atoms with Gasteiger partial charge in [0.15, 0.2) is 5.76 Å². The number of rotatable bonds is 4. The SMILES string of the molecule is Cc1c(C(=O)NC(CO)CO)oc2ccc(Cl)cc12. The molecule has 5 nitrogen and oxygen atoms in total. The Balaban J connectivity index is 2.35. The zero-order chi connectivity index (χ0) is 14.0. The summed E-state index contributed by atoms with van der Waals surface area (Å²) < 4.78 is 5.47. The molecule has 0 atom stereocenters. The first-order valence-corrected chi connectivity index (χ1v) is 6.15. The summed E-state index contributed by atoms with van der Waals surface area (Å²) in [6.45, 7) is 1.07. The van der Waals surface area contributed by atoms with Crippen molar-refractivity contribution < 1.29 is 19.4 Å². The van der Waals surface area contributed by atoms with Crippen LogP contribution in [-0.4, -0.2) is 35.4 Å². The Kier molecular flexibility index (Phi) is 4.09. The average molecular weight is 284 g/mol. The molecule has 0 spiro atoms. The lowest BCUT2D eigenvalue weighted by atomic mass is 10.1. The lowest BCUT2D eigenvalue weighted by molar-refractivity contribution is 0.0853. The summed E-state index contributed by atoms with van der Waals surface area (Å²) in [4.78, 5) is 12.0. The lowest BCUT2D eigenvalue weighted by Gasteiger charge is -2.12. The van der Waals surface area contributed by atoms with E-state index in [0.717, 1.165) is 5.39 Å². The normalized spacial score (nSPS) is 11.2. The van der Waals surface area contributed by atoms with Crippen molar-refractivity contribution in [3.63, 3.8) is 0 Å². The van der Waals surface area contributed by atoms with E-state index in [2.05, 4.69) is 5.32 Å². The number of halogens is 1. The molecule has 102 valence electrons. The van der Waals surface area contributed by atoms with Crippen LogP contribution in [0.5, 0.6) is 0 Å². The number of fused-ring (bicyclic) bond motifs is 1. The maximum atomic E-state index is 12.0. The molecule has 0 aliphatic rings. The lowest BCUT2D eigenvalue weighted by Crippen LogP contribution is -2.40. The number of amides is 1. The van der Waals surface area contributed by atoms with Gasteiger partial charge in [0, 0.05) is 16.0 Å². The molecule has 3 N–H and O–H groups in total. The van der Waals surface area contributed by atoms with Crippen molar-refractivity contribution in [1.82, 2.24) is 5.32 Å². The number of hydrogen-bond donors (Lipinski definition) is 3. The fraction of sp³-hybridized carbons (Fsp3) is 0.308. The number of carbonyl (C=O) groups is 1. The highest BCUT2D eigenvalue weighted by Crippen LogP contribution is 2.27. The molecule has 0 fully saturated rings. The number of nitrogens with one attached hydrogen (secondary N) is 1. The first kappa shape index (κ1) is 13.9. The van der Waals surface area contributed by atoms with Gasteiger partial charge in [-0.15, -0.1) is 0 Å². The molecule has 2 rings (SSSR count). The quantitative estimate of drug-likeness (QED) is 0.794. The number of carbonyl (C=O) groups excluding carboxylic acids is 1. The second-order valence-electron chi connectivity index (χ2n) is 4.23. The summed E-state index contributed by atoms with van der Waals surface area (Å²) in [6, 6.07) is 4.39. The van der Waals surface area contributed by atoms with E-state index in [9.17, 15) is 4.79 Å². The molecular formula is C13H14ClNO4. The minimum Gasteiger partial charge on any atom is -0.451 e. The van der Waals surface area contributed by atoms with Crippen LogP contribution in [0.2, 0.25) is 5.02 Å². The van der Waals surface area contributed by atoms with Gasteiger partial charge in [0.2, 0.25) is 0 Å². The summed E-state index contributed by atoms with van der Waals surface area (Å²) >= 11 is 5.90. The molecule has 0 bridgehead atoms. The van der Waals surface area contributed by atoms with Gasteiger partial charge in [-0.3, -0.25) is 4.79 Å². The predicted octanol–water partition coefficient (Wildman–Crippen LogP) is 1.48. The summed E-state index contributed by atoms with van der Waals surface area (Å²) in [5, 5.41) is 21.7. The molecule has 0 unspecified atom stereocenters. The fourth-order valence-corrected chi connectivity index (χ4v) is 1.98. The van der Waals surface area contributed by atoms with E-state index in [4.69, 9.17) is 26.2 Å². The van der Waals surface area contributed by atoms with E-state index in [1.54, 1.807) is 25.1 Å². The van der Waals surface area contributed by atoms with Crippen LogP contribution in [0, 0.1) is 6.92 Å². The molecule has 1 aromatic heterocycles. The zero-order valence-electron chi connectivity index (χ0n) is 10.3. The van der Waals surface area contributed by atoms with Crippen molar-refractivity contribution in [3.05, 3.63) is 34.5 Å². The minimum absolute atomic E-state index is 0.157. The van der Waals surface area contributed by atoms with Crippen molar-refractivity contribution in [1.29, 1.82) is 0 Å². The molecule has 6 heteroatoms. The molecule has 1 amide bonds. The molecule has 0 aliphatic carbocycles. The molecule has 2 aromatic rings. The Morgan fingerprint density at radius 2 is 2.11 bits per heavy atom. The second-order valence-corrected chi connectivity index (χ2v) is 4.67. The van der Waals surface area contributed by atoms with Crippen LogP contribution in [0.15, 0.2) is 22.6 Å². The van der Waals surface area contributed by atoms with Crippen molar-refractivity contribution in [2.45, 2.75) is 13.0 Å². The third kappa shape index (κ3) is 2.73. The highest BCUT2D eigenvalue weighted by atomic mass is 35.5. The summed E-state index contributed by atoms with van der Waals surface area (Å²) in [5.41, 5.74) is 1.24. The Bertz CT molecular complexity index is 604. The van der Waals surface area contributed by atoms with Crippen LogP contribution >= 0.6 is 11.6 Å². The monoisotopic (exact) mass is 283 g/mol. The fourth-order valence-electron chi connectivity index (χ4n) is 1.81. The van der Waals surface area contributed by atoms with Gasteiger partial charge in [0.25, 0.3) is 5.91 Å². The maximum Gasteiger partial charge on any atom is 0.287 e. The van der Waals surface area contributed by atoms with Gasteiger partial charge < -0.3 is 19.9 Å². The number of furan rings is 1. The molecule has 1 aromatic carbocycles. The summed E-state index contributed by atoms with van der Waals surface area (Å²) in [7, 11) is 0. The third-order valence-electron chi connectivity index (χ3n) is 2.88. The number of aliphatic hydroxyl groups is 2. The molecule has 19 heavy (non-hydrogen) atoms. The van der Waals surface area contributed by atoms with Crippen LogP contribution in [0.4, 0.5) is 0 Å². The van der Waals surface area contributed by atoms with Gasteiger partial charge >= 0.3 is 0 Å². The smallest absolute Gasteiger partial charge is 0.287 e.